The predicted molar refractivity (Wildman–Crippen MR) is 86.8 cm³/mol. The van der Waals surface area contributed by atoms with Gasteiger partial charge in [0.25, 0.3) is 0 Å². The highest BCUT2D eigenvalue weighted by molar-refractivity contribution is 5.35. The van der Waals surface area contributed by atoms with Crippen LogP contribution in [-0.4, -0.2) is 34.7 Å². The zero-order chi connectivity index (χ0) is 15.5. The van der Waals surface area contributed by atoms with Gasteiger partial charge in [-0.05, 0) is 51.8 Å². The standard InChI is InChI=1S/C17H24N4O/c1-12-5-4-6-17(19-12)18-9-15-7-8-21(10-15)11-16-13(2)20-22-14(16)3/h4-6,15H,7-11H2,1-3H3,(H,18,19)/t15-/m1/s1. The second-order valence-corrected chi connectivity index (χ2v) is 6.24. The zero-order valence-corrected chi connectivity index (χ0v) is 13.6. The molecule has 1 aliphatic heterocycles. The van der Waals surface area contributed by atoms with E-state index in [1.54, 1.807) is 0 Å². The van der Waals surface area contributed by atoms with Crippen LogP contribution in [0, 0.1) is 26.7 Å². The Morgan fingerprint density at radius 3 is 2.91 bits per heavy atom. The molecule has 0 spiro atoms. The van der Waals surface area contributed by atoms with Crippen LogP contribution in [0.5, 0.6) is 0 Å². The van der Waals surface area contributed by atoms with Crippen molar-refractivity contribution in [3.63, 3.8) is 0 Å². The van der Waals surface area contributed by atoms with Crippen LogP contribution in [0.3, 0.4) is 0 Å². The minimum absolute atomic E-state index is 0.669. The van der Waals surface area contributed by atoms with Crippen molar-refractivity contribution in [2.75, 3.05) is 25.0 Å². The van der Waals surface area contributed by atoms with Gasteiger partial charge in [-0.2, -0.15) is 0 Å². The number of hydrogen-bond acceptors (Lipinski definition) is 5. The van der Waals surface area contributed by atoms with Gasteiger partial charge in [0.05, 0.1) is 5.69 Å². The number of likely N-dealkylation sites (tertiary alicyclic amines) is 1. The topological polar surface area (TPSA) is 54.2 Å². The molecule has 3 heterocycles. The lowest BCUT2D eigenvalue weighted by molar-refractivity contribution is 0.315. The van der Waals surface area contributed by atoms with Gasteiger partial charge in [-0.1, -0.05) is 11.2 Å². The molecule has 3 rings (SSSR count). The van der Waals surface area contributed by atoms with Gasteiger partial charge >= 0.3 is 0 Å². The van der Waals surface area contributed by atoms with E-state index in [2.05, 4.69) is 20.4 Å². The van der Waals surface area contributed by atoms with Crippen LogP contribution >= 0.6 is 0 Å². The van der Waals surface area contributed by atoms with Crippen LogP contribution < -0.4 is 5.32 Å². The lowest BCUT2D eigenvalue weighted by Gasteiger charge is -2.16. The molecule has 5 heteroatoms. The first-order valence-corrected chi connectivity index (χ1v) is 7.93. The Balaban J connectivity index is 1.50. The van der Waals surface area contributed by atoms with Gasteiger partial charge < -0.3 is 9.84 Å². The Labute approximate surface area is 131 Å². The molecule has 5 nitrogen and oxygen atoms in total. The van der Waals surface area contributed by atoms with Crippen LogP contribution in [0.2, 0.25) is 0 Å². The maximum absolute atomic E-state index is 5.25. The van der Waals surface area contributed by atoms with E-state index in [9.17, 15) is 0 Å². The molecule has 2 aromatic heterocycles. The lowest BCUT2D eigenvalue weighted by atomic mass is 10.1. The number of hydrogen-bond donors (Lipinski definition) is 1. The first-order valence-electron chi connectivity index (χ1n) is 7.93. The summed E-state index contributed by atoms with van der Waals surface area (Å²) < 4.78 is 5.25. The number of anilines is 1. The van der Waals surface area contributed by atoms with E-state index in [1.165, 1.54) is 12.0 Å². The molecule has 2 aromatic rings. The van der Waals surface area contributed by atoms with Crippen LogP contribution in [0.25, 0.3) is 0 Å². The summed E-state index contributed by atoms with van der Waals surface area (Å²) in [5.41, 5.74) is 3.31. The Kier molecular flexibility index (Phi) is 4.43. The molecule has 22 heavy (non-hydrogen) atoms. The maximum Gasteiger partial charge on any atom is 0.138 e. The number of pyridine rings is 1. The van der Waals surface area contributed by atoms with Gasteiger partial charge in [-0.25, -0.2) is 4.98 Å². The summed E-state index contributed by atoms with van der Waals surface area (Å²) in [6.07, 6.45) is 1.22. The van der Waals surface area contributed by atoms with Crippen molar-refractivity contribution in [2.24, 2.45) is 5.92 Å². The van der Waals surface area contributed by atoms with E-state index in [0.29, 0.717) is 5.92 Å². The molecule has 1 aliphatic rings. The molecule has 1 atom stereocenters. The fraction of sp³-hybridized carbons (Fsp3) is 0.529. The van der Waals surface area contributed by atoms with Crippen LogP contribution in [0.1, 0.15) is 29.1 Å². The molecule has 0 radical (unpaired) electrons. The average molecular weight is 300 g/mol. The fourth-order valence-electron chi connectivity index (χ4n) is 3.06. The van der Waals surface area contributed by atoms with Gasteiger partial charge in [-0.3, -0.25) is 4.90 Å². The quantitative estimate of drug-likeness (QED) is 0.920. The number of nitrogens with one attached hydrogen (secondary N) is 1. The lowest BCUT2D eigenvalue weighted by Crippen LogP contribution is -2.23. The Hall–Kier alpha value is -1.88. The number of aryl methyl sites for hydroxylation is 3. The van der Waals surface area contributed by atoms with Crippen molar-refractivity contribution in [1.82, 2.24) is 15.0 Å². The highest BCUT2D eigenvalue weighted by Gasteiger charge is 2.24. The predicted octanol–water partition coefficient (Wildman–Crippen LogP) is 2.93. The molecule has 1 N–H and O–H groups in total. The van der Waals surface area contributed by atoms with Crippen molar-refractivity contribution >= 4 is 5.82 Å². The molecule has 0 amide bonds. The highest BCUT2D eigenvalue weighted by Crippen LogP contribution is 2.22. The summed E-state index contributed by atoms with van der Waals surface area (Å²) in [5.74, 6) is 2.59. The summed E-state index contributed by atoms with van der Waals surface area (Å²) in [5, 5.41) is 7.50. The van der Waals surface area contributed by atoms with Gasteiger partial charge in [0.15, 0.2) is 0 Å². The minimum Gasteiger partial charge on any atom is -0.370 e. The molecule has 0 saturated carbocycles. The van der Waals surface area contributed by atoms with Crippen LogP contribution in [-0.2, 0) is 6.54 Å². The second-order valence-electron chi connectivity index (χ2n) is 6.24. The maximum atomic E-state index is 5.25. The summed E-state index contributed by atoms with van der Waals surface area (Å²) >= 11 is 0. The monoisotopic (exact) mass is 300 g/mol. The molecule has 1 fully saturated rings. The minimum atomic E-state index is 0.669. The zero-order valence-electron chi connectivity index (χ0n) is 13.6. The van der Waals surface area contributed by atoms with E-state index < -0.39 is 0 Å². The van der Waals surface area contributed by atoms with E-state index in [4.69, 9.17) is 4.52 Å². The fourth-order valence-corrected chi connectivity index (χ4v) is 3.06. The first kappa shape index (κ1) is 15.0. The molecular formula is C17H24N4O. The third-order valence-electron chi connectivity index (χ3n) is 4.39. The summed E-state index contributed by atoms with van der Waals surface area (Å²) in [7, 11) is 0. The summed E-state index contributed by atoms with van der Waals surface area (Å²) in [6.45, 7) is 10.2. The first-order chi connectivity index (χ1) is 10.6. The molecule has 1 saturated heterocycles. The second kappa shape index (κ2) is 6.48. The van der Waals surface area contributed by atoms with Gasteiger partial charge in [0.1, 0.15) is 11.6 Å². The van der Waals surface area contributed by atoms with E-state index in [-0.39, 0.29) is 0 Å². The summed E-state index contributed by atoms with van der Waals surface area (Å²) in [6, 6.07) is 6.10. The molecule has 0 unspecified atom stereocenters. The number of nitrogens with zero attached hydrogens (tertiary/aromatic N) is 3. The Bertz CT molecular complexity index is 618. The highest BCUT2D eigenvalue weighted by atomic mass is 16.5. The van der Waals surface area contributed by atoms with Crippen molar-refractivity contribution in [1.29, 1.82) is 0 Å². The normalized spacial score (nSPS) is 18.8. The van der Waals surface area contributed by atoms with Crippen molar-refractivity contribution in [3.05, 3.63) is 40.9 Å². The van der Waals surface area contributed by atoms with Gasteiger partial charge in [0, 0.05) is 30.9 Å². The van der Waals surface area contributed by atoms with Crippen molar-refractivity contribution in [2.45, 2.75) is 33.7 Å². The Morgan fingerprint density at radius 2 is 2.18 bits per heavy atom. The Morgan fingerprint density at radius 1 is 1.32 bits per heavy atom. The largest absolute Gasteiger partial charge is 0.370 e. The van der Waals surface area contributed by atoms with E-state index in [1.807, 2.05) is 39.0 Å². The van der Waals surface area contributed by atoms with Crippen molar-refractivity contribution in [3.8, 4) is 0 Å². The van der Waals surface area contributed by atoms with E-state index in [0.717, 1.165) is 49.1 Å². The molecule has 0 aliphatic carbocycles. The van der Waals surface area contributed by atoms with Crippen molar-refractivity contribution < 1.29 is 4.52 Å². The molecule has 0 aromatic carbocycles. The van der Waals surface area contributed by atoms with Crippen LogP contribution in [0.15, 0.2) is 22.7 Å². The van der Waals surface area contributed by atoms with E-state index >= 15 is 0 Å². The average Bonchev–Trinajstić information content (AvgIpc) is 3.07. The van der Waals surface area contributed by atoms with Gasteiger partial charge in [0.2, 0.25) is 0 Å². The van der Waals surface area contributed by atoms with Crippen LogP contribution in [0.4, 0.5) is 5.82 Å². The van der Waals surface area contributed by atoms with Gasteiger partial charge in [-0.15, -0.1) is 0 Å². The smallest absolute Gasteiger partial charge is 0.138 e. The SMILES string of the molecule is Cc1cccc(NC[C@H]2CCN(Cc3c(C)noc3C)C2)n1. The number of aromatic nitrogens is 2. The molecular weight excluding hydrogens is 276 g/mol. The molecule has 0 bridgehead atoms. The third kappa shape index (κ3) is 3.47. The number of rotatable bonds is 5. The summed E-state index contributed by atoms with van der Waals surface area (Å²) in [4.78, 5) is 6.98. The third-order valence-corrected chi connectivity index (χ3v) is 4.39. The molecule has 118 valence electrons.